The molecule has 4 aromatic heterocycles. The molecule has 1 N–H and O–H groups in total. The van der Waals surface area contributed by atoms with Crippen molar-refractivity contribution in [1.29, 1.82) is 0 Å². The van der Waals surface area contributed by atoms with Crippen molar-refractivity contribution < 1.29 is 4.79 Å². The minimum Gasteiger partial charge on any atom is -0.367 e. The highest BCUT2D eigenvalue weighted by Gasteiger charge is 2.39. The third-order valence-electron chi connectivity index (χ3n) is 6.90. The monoisotopic (exact) mass is 549 g/mol. The van der Waals surface area contributed by atoms with Gasteiger partial charge in [-0.2, -0.15) is 0 Å². The molecule has 0 spiro atoms. The number of nitrogens with zero attached hydrogens (tertiary/aromatic N) is 6. The van der Waals surface area contributed by atoms with Gasteiger partial charge < -0.3 is 19.7 Å². The molecular formula is C27H31N7O2S2. The van der Waals surface area contributed by atoms with Crippen molar-refractivity contribution in [1.82, 2.24) is 24.4 Å². The normalized spacial score (nSPS) is 18.2. The number of hydrogen-bond donors (Lipinski definition) is 1. The molecule has 2 saturated heterocycles. The number of carbonyl (C=O) groups excluding carboxylic acids is 1. The van der Waals surface area contributed by atoms with Gasteiger partial charge in [-0.15, -0.1) is 22.7 Å². The van der Waals surface area contributed by atoms with Gasteiger partial charge in [-0.05, 0) is 51.3 Å². The maximum Gasteiger partial charge on any atom is 0.252 e. The fourth-order valence-corrected chi connectivity index (χ4v) is 6.57. The van der Waals surface area contributed by atoms with Crippen molar-refractivity contribution in [2.45, 2.75) is 45.7 Å². The molecule has 0 aliphatic carbocycles. The zero-order valence-electron chi connectivity index (χ0n) is 21.9. The number of carbonyl (C=O) groups is 1. The van der Waals surface area contributed by atoms with Crippen LogP contribution in [0.4, 0.5) is 16.6 Å². The zero-order valence-corrected chi connectivity index (χ0v) is 23.6. The quantitative estimate of drug-likeness (QED) is 0.366. The Morgan fingerprint density at radius 3 is 2.45 bits per heavy atom. The maximum atomic E-state index is 11.7. The molecule has 9 nitrogen and oxygen atoms in total. The van der Waals surface area contributed by atoms with Crippen LogP contribution in [0.25, 0.3) is 10.6 Å². The van der Waals surface area contributed by atoms with Crippen LogP contribution in [0.5, 0.6) is 0 Å². The summed E-state index contributed by atoms with van der Waals surface area (Å²) in [6.07, 6.45) is 6.76. The minimum atomic E-state index is 0.0117. The molecule has 11 heteroatoms. The number of rotatable bonds is 5. The van der Waals surface area contributed by atoms with Crippen molar-refractivity contribution in [3.05, 3.63) is 68.7 Å². The first kappa shape index (κ1) is 26.1. The van der Waals surface area contributed by atoms with Crippen molar-refractivity contribution in [3.63, 3.8) is 0 Å². The third-order valence-corrected chi connectivity index (χ3v) is 8.75. The molecule has 0 saturated carbocycles. The molecule has 0 unspecified atom stereocenters. The summed E-state index contributed by atoms with van der Waals surface area (Å²) in [4.78, 5) is 41.4. The number of pyridine rings is 2. The molecule has 2 aliphatic heterocycles. The van der Waals surface area contributed by atoms with E-state index < -0.39 is 0 Å². The Morgan fingerprint density at radius 2 is 1.84 bits per heavy atom. The van der Waals surface area contributed by atoms with Gasteiger partial charge in [0.25, 0.3) is 5.56 Å². The molecule has 2 atom stereocenters. The van der Waals surface area contributed by atoms with Crippen LogP contribution in [-0.2, 0) is 11.8 Å². The minimum absolute atomic E-state index is 0.0117. The summed E-state index contributed by atoms with van der Waals surface area (Å²) >= 11 is 3.26. The Hall–Kier alpha value is -3.57. The number of aromatic nitrogens is 4. The zero-order chi connectivity index (χ0) is 26.8. The third kappa shape index (κ3) is 5.63. The molecular weight excluding hydrogens is 518 g/mol. The Bertz CT molecular complexity index is 1460. The largest absolute Gasteiger partial charge is 0.367 e. The van der Waals surface area contributed by atoms with Gasteiger partial charge in [0.15, 0.2) is 5.13 Å². The standard InChI is InChI=1S/C14H14N4S2.C13H17N3O2/c1-8-4-5-12(15-6-8)18-14-17-11(7-19-14)13-9(2)16-10(3)20-13;1-14-5-4-10(6-13(14)18)15-7-11-2-3-12(8-15)16(11)9-17/h4-7H,1-3H3,(H,15,17,18);4-6,9,11-12H,2-3,7-8H2,1H3/t;11-,12+. The van der Waals surface area contributed by atoms with E-state index in [1.807, 2.05) is 50.1 Å². The highest BCUT2D eigenvalue weighted by atomic mass is 32.1. The lowest BCUT2D eigenvalue weighted by atomic mass is 10.2. The van der Waals surface area contributed by atoms with Gasteiger partial charge in [-0.3, -0.25) is 9.59 Å². The first-order valence-electron chi connectivity index (χ1n) is 12.5. The number of anilines is 3. The highest BCUT2D eigenvalue weighted by Crippen LogP contribution is 2.33. The molecule has 4 aromatic rings. The molecule has 2 aliphatic rings. The molecule has 2 bridgehead atoms. The molecule has 6 heterocycles. The van der Waals surface area contributed by atoms with Gasteiger partial charge >= 0.3 is 0 Å². The predicted molar refractivity (Wildman–Crippen MR) is 154 cm³/mol. The van der Waals surface area contributed by atoms with E-state index in [9.17, 15) is 9.59 Å². The van der Waals surface area contributed by atoms with Crippen LogP contribution in [-0.4, -0.2) is 56.0 Å². The van der Waals surface area contributed by atoms with Crippen LogP contribution in [0.2, 0.25) is 0 Å². The van der Waals surface area contributed by atoms with E-state index >= 15 is 0 Å². The van der Waals surface area contributed by atoms with E-state index in [-0.39, 0.29) is 5.56 Å². The van der Waals surface area contributed by atoms with Crippen molar-refractivity contribution >= 4 is 45.7 Å². The van der Waals surface area contributed by atoms with Crippen LogP contribution in [0.3, 0.4) is 0 Å². The molecule has 0 aromatic carbocycles. The lowest BCUT2D eigenvalue weighted by Gasteiger charge is -2.40. The Kier molecular flexibility index (Phi) is 7.57. The number of piperazine rings is 1. The van der Waals surface area contributed by atoms with Crippen LogP contribution in [0.1, 0.15) is 29.1 Å². The SMILES string of the molecule is Cc1ccc(Nc2nc(-c3sc(C)nc3C)cs2)nc1.Cn1ccc(N2C[C@H]3CC[C@@H](C2)N3C=O)cc1=O. The second-order valence-corrected chi connectivity index (χ2v) is 11.8. The number of hydrogen-bond acceptors (Lipinski definition) is 9. The number of thiazole rings is 2. The Balaban J connectivity index is 0.000000156. The molecule has 1 amide bonds. The van der Waals surface area contributed by atoms with E-state index in [1.54, 1.807) is 46.6 Å². The fraction of sp³-hybridized carbons (Fsp3) is 0.370. The molecule has 38 heavy (non-hydrogen) atoms. The average Bonchev–Trinajstić information content (AvgIpc) is 3.57. The Morgan fingerprint density at radius 1 is 1.08 bits per heavy atom. The van der Waals surface area contributed by atoms with Crippen molar-refractivity contribution in [3.8, 4) is 10.6 Å². The summed E-state index contributed by atoms with van der Waals surface area (Å²) in [5.74, 6) is 0.814. The molecule has 198 valence electrons. The first-order valence-corrected chi connectivity index (χ1v) is 14.2. The second kappa shape index (κ2) is 11.0. The smallest absolute Gasteiger partial charge is 0.252 e. The summed E-state index contributed by atoms with van der Waals surface area (Å²) in [6, 6.07) is 8.25. The summed E-state index contributed by atoms with van der Waals surface area (Å²) in [6.45, 7) is 7.73. The van der Waals surface area contributed by atoms with Crippen LogP contribution < -0.4 is 15.8 Å². The van der Waals surface area contributed by atoms with Gasteiger partial charge in [0, 0.05) is 61.7 Å². The van der Waals surface area contributed by atoms with Gasteiger partial charge in [0.2, 0.25) is 6.41 Å². The topological polar surface area (TPSA) is 96.2 Å². The van der Waals surface area contributed by atoms with Crippen LogP contribution in [0.15, 0.2) is 46.8 Å². The van der Waals surface area contributed by atoms with E-state index in [0.29, 0.717) is 12.1 Å². The fourth-order valence-electron chi connectivity index (χ4n) is 4.91. The summed E-state index contributed by atoms with van der Waals surface area (Å²) < 4.78 is 1.57. The van der Waals surface area contributed by atoms with Crippen LogP contribution >= 0.6 is 22.7 Å². The lowest BCUT2D eigenvalue weighted by Crippen LogP contribution is -2.53. The van der Waals surface area contributed by atoms with Crippen LogP contribution in [0, 0.1) is 20.8 Å². The second-order valence-electron chi connectivity index (χ2n) is 9.71. The lowest BCUT2D eigenvalue weighted by molar-refractivity contribution is -0.121. The molecule has 6 rings (SSSR count). The summed E-state index contributed by atoms with van der Waals surface area (Å²) in [7, 11) is 1.75. The van der Waals surface area contributed by atoms with Gasteiger partial charge in [0.05, 0.1) is 21.3 Å². The first-order chi connectivity index (χ1) is 18.3. The Labute approximate surface area is 229 Å². The number of amides is 1. The van der Waals surface area contributed by atoms with E-state index in [2.05, 4.69) is 30.5 Å². The van der Waals surface area contributed by atoms with E-state index in [1.165, 1.54) is 0 Å². The number of fused-ring (bicyclic) bond motifs is 2. The van der Waals surface area contributed by atoms with Gasteiger partial charge in [0.1, 0.15) is 5.82 Å². The van der Waals surface area contributed by atoms with Gasteiger partial charge in [-0.25, -0.2) is 15.0 Å². The van der Waals surface area contributed by atoms with Gasteiger partial charge in [-0.1, -0.05) is 6.07 Å². The van der Waals surface area contributed by atoms with E-state index in [4.69, 9.17) is 0 Å². The van der Waals surface area contributed by atoms with E-state index in [0.717, 1.165) is 75.8 Å². The molecule has 0 radical (unpaired) electrons. The predicted octanol–water partition coefficient (Wildman–Crippen LogP) is 4.53. The number of nitrogens with one attached hydrogen (secondary N) is 1. The average molecular weight is 550 g/mol. The van der Waals surface area contributed by atoms with Crippen molar-refractivity contribution in [2.75, 3.05) is 23.3 Å². The number of aryl methyl sites for hydroxylation is 4. The van der Waals surface area contributed by atoms with Crippen molar-refractivity contribution in [2.24, 2.45) is 7.05 Å². The highest BCUT2D eigenvalue weighted by molar-refractivity contribution is 7.16. The summed E-state index contributed by atoms with van der Waals surface area (Å²) in [5.41, 5.74) is 4.15. The summed E-state index contributed by atoms with van der Waals surface area (Å²) in [5, 5.41) is 7.20. The molecule has 2 fully saturated rings. The maximum absolute atomic E-state index is 11.7.